The molecule has 0 aromatic heterocycles. The molecule has 0 aliphatic rings. The van der Waals surface area contributed by atoms with Crippen molar-refractivity contribution in [1.82, 2.24) is 5.32 Å². The van der Waals surface area contributed by atoms with Crippen LogP contribution in [0.1, 0.15) is 6.92 Å². The van der Waals surface area contributed by atoms with E-state index in [2.05, 4.69) is 10.6 Å². The predicted octanol–water partition coefficient (Wildman–Crippen LogP) is 1.64. The molecule has 100 valence electrons. The Hall–Kier alpha value is -0.910. The third-order valence-electron chi connectivity index (χ3n) is 2.22. The number of hydrogen-bond donors (Lipinski definition) is 2. The Bertz CT molecular complexity index is 426. The van der Waals surface area contributed by atoms with E-state index < -0.39 is 10.8 Å². The second-order valence-corrected chi connectivity index (χ2v) is 5.97. The van der Waals surface area contributed by atoms with Gasteiger partial charge in [-0.25, -0.2) is 0 Å². The first kappa shape index (κ1) is 15.1. The van der Waals surface area contributed by atoms with Crippen LogP contribution in [-0.4, -0.2) is 34.7 Å². The Morgan fingerprint density at radius 3 is 2.89 bits per heavy atom. The van der Waals surface area contributed by atoms with Crippen LogP contribution >= 0.6 is 11.6 Å². The van der Waals surface area contributed by atoms with E-state index >= 15 is 0 Å². The molecular formula is C12H17ClN2O2S. The van der Waals surface area contributed by atoms with Crippen LogP contribution in [0.15, 0.2) is 24.3 Å². The first-order chi connectivity index (χ1) is 8.61. The first-order valence-corrected chi connectivity index (χ1v) is 7.59. The van der Waals surface area contributed by atoms with Crippen LogP contribution in [0.5, 0.6) is 0 Å². The summed E-state index contributed by atoms with van der Waals surface area (Å²) in [4.78, 5) is 11.5. The molecule has 0 spiro atoms. The lowest BCUT2D eigenvalue weighted by molar-refractivity contribution is -0.115. The molecule has 0 aliphatic heterocycles. The Labute approximate surface area is 115 Å². The lowest BCUT2D eigenvalue weighted by atomic mass is 10.3. The summed E-state index contributed by atoms with van der Waals surface area (Å²) in [7, 11) is -0.794. The fourth-order valence-corrected chi connectivity index (χ4v) is 2.15. The summed E-state index contributed by atoms with van der Waals surface area (Å²) in [5.41, 5.74) is 0.673. The minimum atomic E-state index is -0.794. The molecule has 1 aromatic rings. The number of halogens is 1. The molecule has 0 saturated heterocycles. The molecule has 6 heteroatoms. The summed E-state index contributed by atoms with van der Waals surface area (Å²) in [6, 6.07) is 6.98. The van der Waals surface area contributed by atoms with E-state index in [1.807, 2.05) is 6.92 Å². The molecule has 2 N–H and O–H groups in total. The zero-order valence-electron chi connectivity index (χ0n) is 10.2. The quantitative estimate of drug-likeness (QED) is 0.750. The van der Waals surface area contributed by atoms with Gasteiger partial charge in [0.15, 0.2) is 0 Å². The van der Waals surface area contributed by atoms with Gasteiger partial charge in [-0.15, -0.1) is 0 Å². The largest absolute Gasteiger partial charge is 0.325 e. The summed E-state index contributed by atoms with van der Waals surface area (Å²) in [6.45, 7) is 2.65. The van der Waals surface area contributed by atoms with Crippen molar-refractivity contribution in [2.24, 2.45) is 0 Å². The summed E-state index contributed by atoms with van der Waals surface area (Å²) < 4.78 is 11.1. The molecule has 0 saturated carbocycles. The van der Waals surface area contributed by atoms with Gasteiger partial charge in [0.05, 0.1) is 6.54 Å². The molecule has 0 bridgehead atoms. The van der Waals surface area contributed by atoms with Gasteiger partial charge < -0.3 is 10.6 Å². The number of hydrogen-bond acceptors (Lipinski definition) is 3. The fourth-order valence-electron chi connectivity index (χ4n) is 1.30. The summed E-state index contributed by atoms with van der Waals surface area (Å²) in [6.07, 6.45) is 0. The maximum atomic E-state index is 11.5. The smallest absolute Gasteiger partial charge is 0.238 e. The van der Waals surface area contributed by atoms with Gasteiger partial charge in [-0.2, -0.15) is 0 Å². The molecule has 0 heterocycles. The monoisotopic (exact) mass is 288 g/mol. The van der Waals surface area contributed by atoms with Gasteiger partial charge in [-0.1, -0.05) is 24.6 Å². The maximum Gasteiger partial charge on any atom is 0.238 e. The molecule has 0 radical (unpaired) electrons. The Balaban J connectivity index is 2.24. The van der Waals surface area contributed by atoms with Crippen LogP contribution in [-0.2, 0) is 15.6 Å². The zero-order chi connectivity index (χ0) is 13.4. The molecule has 0 aliphatic carbocycles. The van der Waals surface area contributed by atoms with Crippen LogP contribution in [0.4, 0.5) is 5.69 Å². The van der Waals surface area contributed by atoms with Crippen molar-refractivity contribution >= 4 is 34.0 Å². The van der Waals surface area contributed by atoms with Crippen molar-refractivity contribution in [3.63, 3.8) is 0 Å². The van der Waals surface area contributed by atoms with E-state index in [4.69, 9.17) is 11.6 Å². The Morgan fingerprint density at radius 2 is 2.22 bits per heavy atom. The van der Waals surface area contributed by atoms with Crippen molar-refractivity contribution in [3.8, 4) is 0 Å². The topological polar surface area (TPSA) is 58.2 Å². The van der Waals surface area contributed by atoms with E-state index in [-0.39, 0.29) is 12.5 Å². The summed E-state index contributed by atoms with van der Waals surface area (Å²) in [5.74, 6) is 1.08. The van der Waals surface area contributed by atoms with Crippen LogP contribution in [0.3, 0.4) is 0 Å². The molecule has 0 fully saturated rings. The van der Waals surface area contributed by atoms with Crippen molar-refractivity contribution < 1.29 is 9.00 Å². The average Bonchev–Trinajstić information content (AvgIpc) is 2.34. The van der Waals surface area contributed by atoms with Gasteiger partial charge in [0.1, 0.15) is 0 Å². The van der Waals surface area contributed by atoms with Crippen molar-refractivity contribution in [3.05, 3.63) is 29.3 Å². The van der Waals surface area contributed by atoms with Gasteiger partial charge in [0, 0.05) is 39.6 Å². The van der Waals surface area contributed by atoms with E-state index in [9.17, 15) is 9.00 Å². The molecule has 1 rings (SSSR count). The number of anilines is 1. The molecule has 18 heavy (non-hydrogen) atoms. The number of amides is 1. The number of carbonyl (C=O) groups is 1. The highest BCUT2D eigenvalue weighted by atomic mass is 35.5. The number of nitrogens with one attached hydrogen (secondary N) is 2. The zero-order valence-corrected chi connectivity index (χ0v) is 11.8. The minimum Gasteiger partial charge on any atom is -0.325 e. The third-order valence-corrected chi connectivity index (χ3v) is 3.76. The average molecular weight is 289 g/mol. The molecule has 1 amide bonds. The van der Waals surface area contributed by atoms with E-state index in [1.54, 1.807) is 24.3 Å². The normalized spacial score (nSPS) is 12.1. The van der Waals surface area contributed by atoms with E-state index in [1.165, 1.54) is 0 Å². The highest BCUT2D eigenvalue weighted by molar-refractivity contribution is 7.84. The van der Waals surface area contributed by atoms with Gasteiger partial charge in [0.25, 0.3) is 0 Å². The highest BCUT2D eigenvalue weighted by Gasteiger charge is 2.02. The second-order valence-electron chi connectivity index (χ2n) is 3.67. The Kier molecular flexibility index (Phi) is 6.93. The third kappa shape index (κ3) is 6.14. The van der Waals surface area contributed by atoms with Crippen molar-refractivity contribution in [2.75, 3.05) is 29.9 Å². The van der Waals surface area contributed by atoms with Crippen molar-refractivity contribution in [2.45, 2.75) is 6.92 Å². The van der Waals surface area contributed by atoms with Crippen LogP contribution in [0.2, 0.25) is 5.02 Å². The molecular weight excluding hydrogens is 272 g/mol. The van der Waals surface area contributed by atoms with Gasteiger partial charge >= 0.3 is 0 Å². The number of benzene rings is 1. The van der Waals surface area contributed by atoms with Crippen LogP contribution in [0, 0.1) is 0 Å². The molecule has 1 aromatic carbocycles. The van der Waals surface area contributed by atoms with Gasteiger partial charge in [0.2, 0.25) is 5.91 Å². The fraction of sp³-hybridized carbons (Fsp3) is 0.417. The lowest BCUT2D eigenvalue weighted by Gasteiger charge is -2.06. The SMILES string of the molecule is CCS(=O)CCNCC(=O)Nc1cccc(Cl)c1. The van der Waals surface area contributed by atoms with E-state index in [0.717, 1.165) is 0 Å². The van der Waals surface area contributed by atoms with Crippen molar-refractivity contribution in [1.29, 1.82) is 0 Å². The van der Waals surface area contributed by atoms with E-state index in [0.29, 0.717) is 28.8 Å². The summed E-state index contributed by atoms with van der Waals surface area (Å²) >= 11 is 5.81. The highest BCUT2D eigenvalue weighted by Crippen LogP contribution is 2.14. The summed E-state index contributed by atoms with van der Waals surface area (Å²) in [5, 5.41) is 6.25. The van der Waals surface area contributed by atoms with Crippen LogP contribution in [0.25, 0.3) is 0 Å². The first-order valence-electron chi connectivity index (χ1n) is 5.73. The molecule has 1 atom stereocenters. The minimum absolute atomic E-state index is 0.139. The molecule has 1 unspecified atom stereocenters. The van der Waals surface area contributed by atoms with Gasteiger partial charge in [-0.05, 0) is 18.2 Å². The number of rotatable bonds is 7. The number of carbonyl (C=O) groups excluding carboxylic acids is 1. The Morgan fingerprint density at radius 1 is 1.44 bits per heavy atom. The maximum absolute atomic E-state index is 11.5. The second kappa shape index (κ2) is 8.24. The standard InChI is InChI=1S/C12H17ClN2O2S/c1-2-18(17)7-6-14-9-12(16)15-11-5-3-4-10(13)8-11/h3-5,8,14H,2,6-7,9H2,1H3,(H,15,16). The molecule has 4 nitrogen and oxygen atoms in total. The van der Waals surface area contributed by atoms with Crippen LogP contribution < -0.4 is 10.6 Å². The lowest BCUT2D eigenvalue weighted by Crippen LogP contribution is -2.30. The predicted molar refractivity (Wildman–Crippen MR) is 76.5 cm³/mol. The van der Waals surface area contributed by atoms with Gasteiger partial charge in [-0.3, -0.25) is 9.00 Å².